The van der Waals surface area contributed by atoms with Crippen molar-refractivity contribution in [3.8, 4) is 0 Å². The molecule has 0 aromatic rings. The van der Waals surface area contributed by atoms with E-state index in [-0.39, 0.29) is 17.7 Å². The summed E-state index contributed by atoms with van der Waals surface area (Å²) in [5.41, 5.74) is 0. The molecular formula is C27H54N6O2S. The van der Waals surface area contributed by atoms with Crippen LogP contribution in [0.1, 0.15) is 72.6 Å². The highest BCUT2D eigenvalue weighted by Crippen LogP contribution is 2.23. The van der Waals surface area contributed by atoms with Crippen molar-refractivity contribution in [1.82, 2.24) is 29.6 Å². The van der Waals surface area contributed by atoms with Gasteiger partial charge in [-0.25, -0.2) is 0 Å². The number of nitrogens with one attached hydrogen (secondary N) is 2. The zero-order chi connectivity index (χ0) is 26.5. The maximum atomic E-state index is 13.5. The smallest absolute Gasteiger partial charge is 0.225 e. The van der Waals surface area contributed by atoms with Crippen LogP contribution in [-0.2, 0) is 9.59 Å². The molecule has 210 valence electrons. The summed E-state index contributed by atoms with van der Waals surface area (Å²) in [4.78, 5) is 35.4. The van der Waals surface area contributed by atoms with Crippen molar-refractivity contribution >= 4 is 24.6 Å². The third-order valence-corrected chi connectivity index (χ3v) is 7.84. The highest BCUT2D eigenvalue weighted by molar-refractivity contribution is 7.78. The minimum atomic E-state index is 0.0506. The topological polar surface area (TPSA) is 71.2 Å². The molecule has 2 rings (SSSR count). The summed E-state index contributed by atoms with van der Waals surface area (Å²) in [5, 5.41) is 3.27. The van der Waals surface area contributed by atoms with Crippen LogP contribution in [0.5, 0.6) is 0 Å². The first-order valence-corrected chi connectivity index (χ1v) is 14.8. The van der Waals surface area contributed by atoms with Crippen LogP contribution < -0.4 is 10.0 Å². The van der Waals surface area contributed by atoms with Gasteiger partial charge in [-0.15, -0.1) is 0 Å². The zero-order valence-electron chi connectivity index (χ0n) is 23.7. The third-order valence-electron chi connectivity index (χ3n) is 7.61. The lowest BCUT2D eigenvalue weighted by Crippen LogP contribution is -2.55. The summed E-state index contributed by atoms with van der Waals surface area (Å²) in [7, 11) is 2.00. The van der Waals surface area contributed by atoms with Gasteiger partial charge in [-0.1, -0.05) is 40.5 Å². The van der Waals surface area contributed by atoms with Gasteiger partial charge in [0.1, 0.15) is 0 Å². The molecular weight excluding hydrogens is 472 g/mol. The normalized spacial score (nSPS) is 18.5. The van der Waals surface area contributed by atoms with Crippen LogP contribution in [0, 0.1) is 11.8 Å². The molecule has 0 aromatic heterocycles. The molecule has 0 atom stereocenters. The van der Waals surface area contributed by atoms with Gasteiger partial charge in [0.05, 0.1) is 6.67 Å². The molecule has 2 fully saturated rings. The number of likely N-dealkylation sites (tertiary alicyclic amines) is 2. The fraction of sp³-hybridized carbons (Fsp3) is 0.926. The Labute approximate surface area is 226 Å². The molecule has 0 unspecified atom stereocenters. The molecule has 0 spiro atoms. The second-order valence-electron chi connectivity index (χ2n) is 11.4. The lowest BCUT2D eigenvalue weighted by atomic mass is 10.00. The van der Waals surface area contributed by atoms with Crippen molar-refractivity contribution in [2.75, 3.05) is 66.1 Å². The Hall–Kier alpha value is -0.870. The van der Waals surface area contributed by atoms with Crippen molar-refractivity contribution in [2.24, 2.45) is 11.8 Å². The van der Waals surface area contributed by atoms with Gasteiger partial charge >= 0.3 is 0 Å². The Morgan fingerprint density at radius 1 is 0.944 bits per heavy atom. The van der Waals surface area contributed by atoms with Crippen LogP contribution in [0.15, 0.2) is 0 Å². The van der Waals surface area contributed by atoms with Crippen LogP contribution >= 0.6 is 12.8 Å². The molecule has 2 saturated heterocycles. The highest BCUT2D eigenvalue weighted by Gasteiger charge is 2.33. The summed E-state index contributed by atoms with van der Waals surface area (Å²) >= 11 is 4.10. The van der Waals surface area contributed by atoms with Crippen LogP contribution in [0.3, 0.4) is 0 Å². The van der Waals surface area contributed by atoms with Gasteiger partial charge in [-0.2, -0.15) is 0 Å². The Bertz CT molecular complexity index is 634. The standard InChI is InChI=1S/C27H54N6O2S/c1-22(2)20-30-16-9-25(10-17-30)33(26(34)8-6-14-29-36)21-32(15-7-13-28-5)24-11-18-31(19-12-24)27(35)23(3)4/h22-25,28-29,36H,6-21H2,1-5H3. The van der Waals surface area contributed by atoms with E-state index in [0.717, 1.165) is 90.9 Å². The van der Waals surface area contributed by atoms with Crippen LogP contribution in [0.2, 0.25) is 0 Å². The molecule has 9 heteroatoms. The van der Waals surface area contributed by atoms with Crippen molar-refractivity contribution < 1.29 is 9.59 Å². The first-order chi connectivity index (χ1) is 17.3. The molecule has 0 radical (unpaired) electrons. The molecule has 2 aliphatic rings. The molecule has 2 heterocycles. The average Bonchev–Trinajstić information content (AvgIpc) is 2.86. The number of amides is 2. The summed E-state index contributed by atoms with van der Waals surface area (Å²) in [6.07, 6.45) is 6.49. The molecule has 2 N–H and O–H groups in total. The first-order valence-electron chi connectivity index (χ1n) is 14.3. The number of hydrogen-bond acceptors (Lipinski definition) is 7. The summed E-state index contributed by atoms with van der Waals surface area (Å²) in [6, 6.07) is 0.716. The summed E-state index contributed by atoms with van der Waals surface area (Å²) in [5.74, 6) is 1.25. The quantitative estimate of drug-likeness (QED) is 0.173. The molecule has 2 amide bonds. The van der Waals surface area contributed by atoms with Gasteiger partial charge in [0, 0.05) is 70.2 Å². The summed E-state index contributed by atoms with van der Waals surface area (Å²) < 4.78 is 2.88. The zero-order valence-corrected chi connectivity index (χ0v) is 24.6. The second kappa shape index (κ2) is 16.9. The van der Waals surface area contributed by atoms with E-state index in [0.29, 0.717) is 31.1 Å². The van der Waals surface area contributed by atoms with Gasteiger partial charge in [0.15, 0.2) is 0 Å². The lowest BCUT2D eigenvalue weighted by Gasteiger charge is -2.44. The number of rotatable bonds is 15. The Morgan fingerprint density at radius 3 is 2.14 bits per heavy atom. The fourth-order valence-electron chi connectivity index (χ4n) is 5.63. The van der Waals surface area contributed by atoms with E-state index in [2.05, 4.69) is 51.4 Å². The number of hydrogen-bond donors (Lipinski definition) is 3. The molecule has 0 aliphatic carbocycles. The number of thiol groups is 1. The van der Waals surface area contributed by atoms with E-state index in [1.54, 1.807) is 0 Å². The predicted molar refractivity (Wildman–Crippen MR) is 152 cm³/mol. The fourth-order valence-corrected chi connectivity index (χ4v) is 5.79. The van der Waals surface area contributed by atoms with Gasteiger partial charge in [-0.05, 0) is 58.0 Å². The van der Waals surface area contributed by atoms with Crippen LogP contribution in [-0.4, -0.2) is 110 Å². The van der Waals surface area contributed by atoms with Gasteiger partial charge in [0.25, 0.3) is 0 Å². The lowest BCUT2D eigenvalue weighted by molar-refractivity contribution is -0.139. The Balaban J connectivity index is 2.09. The van der Waals surface area contributed by atoms with Crippen LogP contribution in [0.4, 0.5) is 0 Å². The second-order valence-corrected chi connectivity index (χ2v) is 11.7. The van der Waals surface area contributed by atoms with E-state index in [1.165, 1.54) is 0 Å². The van der Waals surface area contributed by atoms with E-state index in [4.69, 9.17) is 0 Å². The molecule has 8 nitrogen and oxygen atoms in total. The molecule has 0 saturated carbocycles. The summed E-state index contributed by atoms with van der Waals surface area (Å²) in [6.45, 7) is 16.8. The van der Waals surface area contributed by atoms with Crippen LogP contribution in [0.25, 0.3) is 0 Å². The number of carbonyl (C=O) groups excluding carboxylic acids is 2. The monoisotopic (exact) mass is 526 g/mol. The van der Waals surface area contributed by atoms with Gasteiger partial charge in [-0.3, -0.25) is 19.2 Å². The first kappa shape index (κ1) is 31.3. The molecule has 36 heavy (non-hydrogen) atoms. The van der Waals surface area contributed by atoms with Crippen molar-refractivity contribution in [3.05, 3.63) is 0 Å². The predicted octanol–water partition coefficient (Wildman–Crippen LogP) is 2.67. The minimum Gasteiger partial charge on any atom is -0.342 e. The number of piperidine rings is 2. The molecule has 2 aliphatic heterocycles. The number of nitrogens with zero attached hydrogens (tertiary/aromatic N) is 4. The SMILES string of the molecule is CNCCCN(CN(C(=O)CCCNS)C1CCN(CC(C)C)CC1)C1CCN(C(=O)C(C)C)CC1. The number of carbonyl (C=O) groups is 2. The van der Waals surface area contributed by atoms with E-state index in [9.17, 15) is 9.59 Å². The van der Waals surface area contributed by atoms with Gasteiger partial charge < -0.3 is 20.0 Å². The van der Waals surface area contributed by atoms with E-state index in [1.807, 2.05) is 25.8 Å². The van der Waals surface area contributed by atoms with E-state index < -0.39 is 0 Å². The minimum absolute atomic E-state index is 0.0506. The van der Waals surface area contributed by atoms with Crippen molar-refractivity contribution in [2.45, 2.75) is 84.7 Å². The Morgan fingerprint density at radius 2 is 1.58 bits per heavy atom. The van der Waals surface area contributed by atoms with E-state index >= 15 is 0 Å². The average molecular weight is 527 g/mol. The maximum Gasteiger partial charge on any atom is 0.225 e. The van der Waals surface area contributed by atoms with Gasteiger partial charge in [0.2, 0.25) is 11.8 Å². The van der Waals surface area contributed by atoms with Crippen molar-refractivity contribution in [3.63, 3.8) is 0 Å². The Kier molecular flexibility index (Phi) is 14.7. The highest BCUT2D eigenvalue weighted by atomic mass is 32.1. The molecule has 0 aromatic carbocycles. The third kappa shape index (κ3) is 10.5. The molecule has 0 bridgehead atoms. The van der Waals surface area contributed by atoms with Crippen molar-refractivity contribution in [1.29, 1.82) is 0 Å². The largest absolute Gasteiger partial charge is 0.342 e. The maximum absolute atomic E-state index is 13.5.